The Balaban J connectivity index is 1.84. The number of hydrogen-bond donors (Lipinski definition) is 0. The molecule has 1 aromatic carbocycles. The van der Waals surface area contributed by atoms with Crippen molar-refractivity contribution >= 4 is 5.91 Å². The summed E-state index contributed by atoms with van der Waals surface area (Å²) in [5.41, 5.74) is 1.33. The van der Waals surface area contributed by atoms with Crippen molar-refractivity contribution < 1.29 is 4.79 Å². The van der Waals surface area contributed by atoms with Crippen molar-refractivity contribution in [1.82, 2.24) is 9.80 Å². The summed E-state index contributed by atoms with van der Waals surface area (Å²) in [6.07, 6.45) is 0. The molecule has 0 atom stereocenters. The largest absolute Gasteiger partial charge is 0.340 e. The van der Waals surface area contributed by atoms with Gasteiger partial charge in [-0.2, -0.15) is 0 Å². The van der Waals surface area contributed by atoms with E-state index in [-0.39, 0.29) is 5.91 Å². The minimum atomic E-state index is -0.0561. The summed E-state index contributed by atoms with van der Waals surface area (Å²) >= 11 is 0. The van der Waals surface area contributed by atoms with E-state index in [1.54, 1.807) is 0 Å². The molecule has 0 saturated carbocycles. The molecule has 1 heterocycles. The maximum Gasteiger partial charge on any atom is 0.223 e. The highest BCUT2D eigenvalue weighted by atomic mass is 16.2. The van der Waals surface area contributed by atoms with E-state index in [4.69, 9.17) is 0 Å². The third-order valence-electron chi connectivity index (χ3n) is 2.97. The minimum absolute atomic E-state index is 0.0561. The van der Waals surface area contributed by atoms with Gasteiger partial charge in [-0.3, -0.25) is 9.69 Å². The second kappa shape index (κ2) is 5.12. The van der Waals surface area contributed by atoms with Crippen molar-refractivity contribution in [1.29, 1.82) is 0 Å². The second-order valence-corrected chi connectivity index (χ2v) is 4.14. The van der Waals surface area contributed by atoms with E-state index in [9.17, 15) is 4.79 Å². The van der Waals surface area contributed by atoms with Gasteiger partial charge >= 0.3 is 0 Å². The molecule has 0 spiro atoms. The Morgan fingerprint density at radius 2 is 1.75 bits per heavy atom. The van der Waals surface area contributed by atoms with Crippen molar-refractivity contribution in [3.05, 3.63) is 42.8 Å². The Morgan fingerprint density at radius 3 is 2.31 bits per heavy atom. The van der Waals surface area contributed by atoms with Gasteiger partial charge in [0.25, 0.3) is 0 Å². The van der Waals surface area contributed by atoms with Crippen LogP contribution in [0.25, 0.3) is 0 Å². The lowest BCUT2D eigenvalue weighted by Gasteiger charge is -2.34. The lowest BCUT2D eigenvalue weighted by Crippen LogP contribution is -2.47. The molecule has 2 rings (SSSR count). The third-order valence-corrected chi connectivity index (χ3v) is 2.97. The Kier molecular flexibility index (Phi) is 3.57. The summed E-state index contributed by atoms with van der Waals surface area (Å²) in [5.74, 6) is -0.0561. The molecule has 0 N–H and O–H groups in total. The number of rotatable bonds is 2. The van der Waals surface area contributed by atoms with Gasteiger partial charge in [0.05, 0.1) is 0 Å². The van der Waals surface area contributed by atoms with Crippen LogP contribution in [-0.4, -0.2) is 41.9 Å². The second-order valence-electron chi connectivity index (χ2n) is 4.14. The molecule has 85 valence electrons. The Hall–Kier alpha value is -1.35. The van der Waals surface area contributed by atoms with Crippen molar-refractivity contribution in [2.75, 3.05) is 26.2 Å². The maximum absolute atomic E-state index is 11.1. The van der Waals surface area contributed by atoms with Crippen LogP contribution >= 0.6 is 0 Å². The smallest absolute Gasteiger partial charge is 0.223 e. The van der Waals surface area contributed by atoms with Crippen molar-refractivity contribution in [3.8, 4) is 0 Å². The first kappa shape index (κ1) is 11.1. The summed E-state index contributed by atoms with van der Waals surface area (Å²) in [6.45, 7) is 7.89. The van der Waals surface area contributed by atoms with Crippen LogP contribution in [0, 0.1) is 6.92 Å². The lowest BCUT2D eigenvalue weighted by molar-refractivity contribution is -0.128. The fourth-order valence-corrected chi connectivity index (χ4v) is 2.00. The van der Waals surface area contributed by atoms with Gasteiger partial charge in [-0.05, 0) is 5.56 Å². The third kappa shape index (κ3) is 2.83. The molecule has 0 aliphatic carbocycles. The average Bonchev–Trinajstić information content (AvgIpc) is 2.31. The number of carbonyl (C=O) groups excluding carboxylic acids is 1. The van der Waals surface area contributed by atoms with E-state index in [1.807, 2.05) is 11.0 Å². The monoisotopic (exact) mass is 217 g/mol. The van der Waals surface area contributed by atoms with E-state index in [0.717, 1.165) is 32.7 Å². The number of amides is 1. The molecule has 16 heavy (non-hydrogen) atoms. The molecule has 1 radical (unpaired) electrons. The number of carbonyl (C=O) groups is 1. The van der Waals surface area contributed by atoms with Crippen LogP contribution in [0.5, 0.6) is 0 Å². The van der Waals surface area contributed by atoms with Gasteiger partial charge in [-0.25, -0.2) is 0 Å². The number of piperazine rings is 1. The predicted molar refractivity (Wildman–Crippen MR) is 63.7 cm³/mol. The number of nitrogens with zero attached hydrogens (tertiary/aromatic N) is 2. The first-order chi connectivity index (χ1) is 7.75. The van der Waals surface area contributed by atoms with Crippen LogP contribution in [0.15, 0.2) is 30.3 Å². The standard InChI is InChI=1S/C13H17N2O/c1-12(16)15-9-7-14(8-10-15)11-13-5-3-2-4-6-13/h2-6H,1,7-11H2. The van der Waals surface area contributed by atoms with Crippen LogP contribution in [0.3, 0.4) is 0 Å². The van der Waals surface area contributed by atoms with E-state index >= 15 is 0 Å². The molecule has 1 aliphatic heterocycles. The highest BCUT2D eigenvalue weighted by Crippen LogP contribution is 2.08. The van der Waals surface area contributed by atoms with E-state index in [2.05, 4.69) is 36.1 Å². The topological polar surface area (TPSA) is 23.6 Å². The van der Waals surface area contributed by atoms with Gasteiger partial charge < -0.3 is 4.90 Å². The fraction of sp³-hybridized carbons (Fsp3) is 0.385. The van der Waals surface area contributed by atoms with Gasteiger partial charge in [-0.15, -0.1) is 0 Å². The Labute approximate surface area is 96.7 Å². The van der Waals surface area contributed by atoms with E-state index in [0.29, 0.717) is 0 Å². The van der Waals surface area contributed by atoms with E-state index in [1.165, 1.54) is 5.56 Å². The first-order valence-corrected chi connectivity index (χ1v) is 5.63. The number of hydrogen-bond acceptors (Lipinski definition) is 2. The van der Waals surface area contributed by atoms with Crippen LogP contribution in [0.4, 0.5) is 0 Å². The van der Waals surface area contributed by atoms with Gasteiger partial charge in [-0.1, -0.05) is 30.3 Å². The molecule has 3 heteroatoms. The molecular weight excluding hydrogens is 200 g/mol. The molecule has 1 saturated heterocycles. The summed E-state index contributed by atoms with van der Waals surface area (Å²) in [6, 6.07) is 10.4. The highest BCUT2D eigenvalue weighted by molar-refractivity contribution is 5.80. The molecule has 3 nitrogen and oxygen atoms in total. The molecule has 0 unspecified atom stereocenters. The maximum atomic E-state index is 11.1. The van der Waals surface area contributed by atoms with E-state index < -0.39 is 0 Å². The molecule has 1 aliphatic rings. The fourth-order valence-electron chi connectivity index (χ4n) is 2.00. The molecule has 0 aromatic heterocycles. The van der Waals surface area contributed by atoms with Crippen LogP contribution < -0.4 is 0 Å². The van der Waals surface area contributed by atoms with Gasteiger partial charge in [0, 0.05) is 39.6 Å². The summed E-state index contributed by atoms with van der Waals surface area (Å²) in [7, 11) is 0. The normalized spacial score (nSPS) is 17.4. The molecular formula is C13H17N2O. The van der Waals surface area contributed by atoms with Gasteiger partial charge in [0.2, 0.25) is 5.91 Å². The van der Waals surface area contributed by atoms with Crippen LogP contribution in [-0.2, 0) is 11.3 Å². The SMILES string of the molecule is [CH2]C(=O)N1CCN(Cc2ccccc2)CC1. The average molecular weight is 217 g/mol. The molecule has 0 bridgehead atoms. The lowest BCUT2D eigenvalue weighted by atomic mass is 10.2. The summed E-state index contributed by atoms with van der Waals surface area (Å²) in [5, 5.41) is 0. The zero-order chi connectivity index (χ0) is 11.4. The van der Waals surface area contributed by atoms with Gasteiger partial charge in [0.15, 0.2) is 0 Å². The summed E-state index contributed by atoms with van der Waals surface area (Å²) < 4.78 is 0. The predicted octanol–water partition coefficient (Wildman–Crippen LogP) is 1.16. The van der Waals surface area contributed by atoms with Crippen LogP contribution in [0.2, 0.25) is 0 Å². The highest BCUT2D eigenvalue weighted by Gasteiger charge is 2.18. The molecule has 1 aromatic rings. The van der Waals surface area contributed by atoms with Crippen molar-refractivity contribution in [2.24, 2.45) is 0 Å². The minimum Gasteiger partial charge on any atom is -0.340 e. The Morgan fingerprint density at radius 1 is 1.12 bits per heavy atom. The Bertz CT molecular complexity index is 342. The first-order valence-electron chi connectivity index (χ1n) is 5.63. The number of benzene rings is 1. The molecule has 1 fully saturated rings. The van der Waals surface area contributed by atoms with Crippen molar-refractivity contribution in [2.45, 2.75) is 6.54 Å². The zero-order valence-corrected chi connectivity index (χ0v) is 9.43. The van der Waals surface area contributed by atoms with Gasteiger partial charge in [0.1, 0.15) is 0 Å². The molecule has 1 amide bonds. The van der Waals surface area contributed by atoms with Crippen molar-refractivity contribution in [3.63, 3.8) is 0 Å². The quantitative estimate of drug-likeness (QED) is 0.742. The summed E-state index contributed by atoms with van der Waals surface area (Å²) in [4.78, 5) is 15.2. The zero-order valence-electron chi connectivity index (χ0n) is 9.43. The van der Waals surface area contributed by atoms with Crippen LogP contribution in [0.1, 0.15) is 5.56 Å².